The van der Waals surface area contributed by atoms with E-state index in [-0.39, 0.29) is 163 Å². The number of benzene rings is 8. The van der Waals surface area contributed by atoms with Crippen molar-refractivity contribution in [3.8, 4) is 46.0 Å². The molecule has 0 aliphatic heterocycles. The third-order valence-corrected chi connectivity index (χ3v) is 15.0. The molecule has 0 heterocycles. The molecule has 0 atom stereocenters. The highest BCUT2D eigenvalue weighted by molar-refractivity contribution is 5.64. The maximum absolute atomic E-state index is 12.4. The lowest BCUT2D eigenvalue weighted by Gasteiger charge is -2.21. The summed E-state index contributed by atoms with van der Waals surface area (Å²) in [5, 5.41) is 146. The van der Waals surface area contributed by atoms with Gasteiger partial charge in [-0.3, -0.25) is 40.5 Å². The Morgan fingerprint density at radius 2 is 0.333 bits per heavy atom. The summed E-state index contributed by atoms with van der Waals surface area (Å²) in [6, 6.07) is 22.2. The second kappa shape index (κ2) is 18.8. The topological polar surface area (TPSA) is 334 Å². The summed E-state index contributed by atoms with van der Waals surface area (Å²) in [7, 11) is 0. The lowest BCUT2D eigenvalue weighted by Crippen LogP contribution is -2.06. The molecule has 11 rings (SSSR count). The normalized spacial score (nSPS) is 13.4. The van der Waals surface area contributed by atoms with Crippen molar-refractivity contribution in [3.05, 3.63) is 249 Å². The molecule has 0 fully saturated rings. The van der Waals surface area contributed by atoms with E-state index in [0.717, 1.165) is 48.5 Å². The van der Waals surface area contributed by atoms with Gasteiger partial charge in [-0.15, -0.1) is 0 Å². The number of non-ortho nitro benzene ring substituents is 4. The summed E-state index contributed by atoms with van der Waals surface area (Å²) in [5.74, 6) is -2.79. The summed E-state index contributed by atoms with van der Waals surface area (Å²) in [4.78, 5) is 47.0. The van der Waals surface area contributed by atoms with Crippen molar-refractivity contribution in [1.82, 2.24) is 0 Å². The Bertz CT molecular complexity index is 3500. The van der Waals surface area contributed by atoms with E-state index in [1.807, 2.05) is 0 Å². The van der Waals surface area contributed by atoms with Crippen LogP contribution in [0.4, 0.5) is 22.7 Å². The summed E-state index contributed by atoms with van der Waals surface area (Å²) in [5.41, 5.74) is 1.91. The number of phenols is 8. The molecule has 0 unspecified atom stereocenters. The second-order valence-corrected chi connectivity index (χ2v) is 20.3. The largest absolute Gasteiger partial charge is 0.507 e. The molecule has 8 aromatic rings. The SMILES string of the molecule is O=[N+]([O-])c1cc2c(O)c(c1)Cc1cc([N+](=O)[O-])cc(c1O)Cc1cc3cc(c1O)Cc1cc(cc(c1O)C2)Cc1cc2c(O)c(c1)Cc1cc([N+](=O)[O-])cc(c1O)Cc1cc([N+](=O)[O-])cc(c1O)Cc1cc(cc(c1O)C2)C3. The first-order chi connectivity index (χ1) is 37.1. The fourth-order valence-corrected chi connectivity index (χ4v) is 11.4. The van der Waals surface area contributed by atoms with Crippen molar-refractivity contribution in [2.75, 3.05) is 0 Å². The van der Waals surface area contributed by atoms with E-state index >= 15 is 0 Å². The van der Waals surface area contributed by atoms with E-state index < -0.39 is 78.3 Å². The minimum Gasteiger partial charge on any atom is -0.507 e. The van der Waals surface area contributed by atoms with Crippen LogP contribution in [0.3, 0.4) is 0 Å². The van der Waals surface area contributed by atoms with Gasteiger partial charge in [-0.1, -0.05) is 48.5 Å². The predicted molar refractivity (Wildman–Crippen MR) is 280 cm³/mol. The zero-order valence-corrected chi connectivity index (χ0v) is 40.9. The highest BCUT2D eigenvalue weighted by Gasteiger charge is 2.29. The molecule has 20 nitrogen and oxygen atoms in total. The zero-order chi connectivity index (χ0) is 55.2. The number of nitrogens with zero attached hydrogens (tertiary/aromatic N) is 4. The molecule has 0 radical (unpaired) electrons. The van der Waals surface area contributed by atoms with Crippen molar-refractivity contribution in [3.63, 3.8) is 0 Å². The van der Waals surface area contributed by atoms with E-state index in [1.54, 1.807) is 48.5 Å². The van der Waals surface area contributed by atoms with Crippen LogP contribution in [0.2, 0.25) is 0 Å². The number of nitro groups is 4. The number of rotatable bonds is 4. The highest BCUT2D eigenvalue weighted by atomic mass is 16.6. The maximum Gasteiger partial charge on any atom is 0.270 e. The van der Waals surface area contributed by atoms with Gasteiger partial charge in [0, 0.05) is 144 Å². The van der Waals surface area contributed by atoms with E-state index in [0.29, 0.717) is 22.3 Å². The fraction of sp³-hybridized carbons (Fsp3) is 0.172. The van der Waals surface area contributed by atoms with Crippen LogP contribution in [0.1, 0.15) is 111 Å². The monoisotopic (exact) mass is 1050 g/mol. The first kappa shape index (κ1) is 49.9. The Labute approximate surface area is 440 Å². The Morgan fingerprint density at radius 1 is 0.218 bits per heavy atom. The number of nitro benzene ring substituents is 4. The Kier molecular flexibility index (Phi) is 12.1. The highest BCUT2D eigenvalue weighted by Crippen LogP contribution is 2.45. The van der Waals surface area contributed by atoms with Gasteiger partial charge in [-0.05, 0) is 79.6 Å². The average Bonchev–Trinajstić information content (AvgIpc) is 3.41. The van der Waals surface area contributed by atoms with Crippen molar-refractivity contribution >= 4 is 22.7 Å². The van der Waals surface area contributed by atoms with E-state index in [2.05, 4.69) is 0 Å². The lowest BCUT2D eigenvalue weighted by atomic mass is 9.86. The van der Waals surface area contributed by atoms with E-state index in [4.69, 9.17) is 0 Å². The van der Waals surface area contributed by atoms with Crippen LogP contribution in [0.5, 0.6) is 46.0 Å². The molecular formula is C58H44N4O16. The molecule has 0 saturated carbocycles. The number of fused-ring (bicyclic) bond motifs is 16. The van der Waals surface area contributed by atoms with Gasteiger partial charge in [0.05, 0.1) is 19.7 Å². The van der Waals surface area contributed by atoms with Gasteiger partial charge < -0.3 is 40.9 Å². The van der Waals surface area contributed by atoms with Gasteiger partial charge in [-0.25, -0.2) is 0 Å². The third-order valence-electron chi connectivity index (χ3n) is 15.0. The summed E-state index contributed by atoms with van der Waals surface area (Å²) < 4.78 is 0. The van der Waals surface area contributed by atoms with Crippen molar-refractivity contribution in [2.24, 2.45) is 0 Å². The first-order valence-electron chi connectivity index (χ1n) is 24.5. The summed E-state index contributed by atoms with van der Waals surface area (Å²) >= 11 is 0. The van der Waals surface area contributed by atoms with Gasteiger partial charge in [0.2, 0.25) is 0 Å². The van der Waals surface area contributed by atoms with Crippen LogP contribution in [0, 0.1) is 40.5 Å². The Morgan fingerprint density at radius 3 is 0.449 bits per heavy atom. The molecule has 20 bridgehead atoms. The van der Waals surface area contributed by atoms with Gasteiger partial charge in [0.25, 0.3) is 22.7 Å². The first-order valence-corrected chi connectivity index (χ1v) is 24.5. The molecule has 0 spiro atoms. The van der Waals surface area contributed by atoms with Crippen LogP contribution in [0.25, 0.3) is 0 Å². The second-order valence-electron chi connectivity index (χ2n) is 20.3. The number of hydrogen-bond donors (Lipinski definition) is 8. The minimum absolute atomic E-state index is 0.00454. The fourth-order valence-electron chi connectivity index (χ4n) is 11.4. The number of hydrogen-bond acceptors (Lipinski definition) is 16. The summed E-state index contributed by atoms with van der Waals surface area (Å²) in [6.45, 7) is 0. The number of phenolic OH excluding ortho intramolecular Hbond substituents is 8. The average molecular weight is 1050 g/mol. The Balaban J connectivity index is 1.20. The van der Waals surface area contributed by atoms with Crippen LogP contribution >= 0.6 is 0 Å². The standard InChI is InChI=1S/C58H44N4O16/c63-51-31-3-27-1-28-4-32-12-34-6-30(10-38(54(34)66)16-42-22-50(62(77)78)26-46(58(42)70)18-44-24-48(60(73)74)20-40(56(44)68)14-36(8-28)52(32)64)2-29-5-33(11-31)53(65)37(9-29)15-41-21-49(61(75)76)25-45(57(41)69)17-43-23-47(59(71)72)19-39(55(43)67)13-35(51)7-27/h3-10,19-26,63-70H,1-2,11-18H2. The molecule has 78 heavy (non-hydrogen) atoms. The molecule has 20 heteroatoms. The van der Waals surface area contributed by atoms with Crippen LogP contribution < -0.4 is 0 Å². The van der Waals surface area contributed by atoms with E-state index in [1.165, 1.54) is 0 Å². The molecule has 8 N–H and O–H groups in total. The Hall–Kier alpha value is -10.2. The molecule has 3 aliphatic carbocycles. The van der Waals surface area contributed by atoms with Crippen molar-refractivity contribution in [2.45, 2.75) is 64.2 Å². The van der Waals surface area contributed by atoms with Crippen LogP contribution in [-0.2, 0) is 64.2 Å². The molecule has 392 valence electrons. The molecule has 0 aromatic heterocycles. The van der Waals surface area contributed by atoms with Crippen LogP contribution in [-0.4, -0.2) is 60.5 Å². The smallest absolute Gasteiger partial charge is 0.270 e. The molecule has 8 aromatic carbocycles. The van der Waals surface area contributed by atoms with Crippen molar-refractivity contribution in [1.29, 1.82) is 0 Å². The van der Waals surface area contributed by atoms with Gasteiger partial charge >= 0.3 is 0 Å². The zero-order valence-electron chi connectivity index (χ0n) is 40.9. The van der Waals surface area contributed by atoms with Gasteiger partial charge in [-0.2, -0.15) is 0 Å². The van der Waals surface area contributed by atoms with Crippen molar-refractivity contribution < 1.29 is 60.5 Å². The third kappa shape index (κ3) is 9.13. The molecule has 3 aliphatic rings. The van der Waals surface area contributed by atoms with Gasteiger partial charge in [0.1, 0.15) is 46.0 Å². The summed E-state index contributed by atoms with van der Waals surface area (Å²) in [6.07, 6.45) is -2.29. The molecule has 0 amide bonds. The van der Waals surface area contributed by atoms with Gasteiger partial charge in [0.15, 0.2) is 0 Å². The quantitative estimate of drug-likeness (QED) is 0.0600. The molecule has 0 saturated heterocycles. The number of aromatic hydroxyl groups is 8. The predicted octanol–water partition coefficient (Wildman–Crippen LogP) is 9.81. The minimum atomic E-state index is -0.677. The maximum atomic E-state index is 12.4. The molecular weight excluding hydrogens is 1010 g/mol. The lowest BCUT2D eigenvalue weighted by molar-refractivity contribution is -0.385. The van der Waals surface area contributed by atoms with E-state index in [9.17, 15) is 81.3 Å². The van der Waals surface area contributed by atoms with Crippen LogP contribution in [0.15, 0.2) is 97.1 Å².